The first kappa shape index (κ1) is 24.2. The van der Waals surface area contributed by atoms with Crippen LogP contribution >= 0.6 is 11.3 Å². The van der Waals surface area contributed by atoms with Crippen molar-refractivity contribution in [3.8, 4) is 22.3 Å². The van der Waals surface area contributed by atoms with Crippen LogP contribution < -0.4 is 14.8 Å². The second kappa shape index (κ2) is 11.4. The predicted molar refractivity (Wildman–Crippen MR) is 133 cm³/mol. The van der Waals surface area contributed by atoms with Gasteiger partial charge in [-0.05, 0) is 25.7 Å². The molecule has 0 aliphatic carbocycles. The van der Waals surface area contributed by atoms with Crippen LogP contribution in [0.5, 0.6) is 11.6 Å². The van der Waals surface area contributed by atoms with E-state index in [-0.39, 0.29) is 12.0 Å². The van der Waals surface area contributed by atoms with E-state index in [2.05, 4.69) is 35.4 Å². The number of benzene rings is 1. The third-order valence-corrected chi connectivity index (χ3v) is 5.87. The van der Waals surface area contributed by atoms with Crippen molar-refractivity contribution in [3.05, 3.63) is 72.3 Å². The number of amides is 1. The molecular formula is C24H25N7O3S. The molecule has 35 heavy (non-hydrogen) atoms. The van der Waals surface area contributed by atoms with Gasteiger partial charge in [-0.25, -0.2) is 15.0 Å². The lowest BCUT2D eigenvalue weighted by Gasteiger charge is -2.22. The van der Waals surface area contributed by atoms with E-state index in [9.17, 15) is 4.79 Å². The zero-order valence-electron chi connectivity index (χ0n) is 19.6. The fraction of sp³-hybridized carbons (Fsp3) is 0.250. The molecule has 0 saturated heterocycles. The number of hydrogen-bond donors (Lipinski definition) is 1. The van der Waals surface area contributed by atoms with Gasteiger partial charge in [-0.2, -0.15) is 0 Å². The van der Waals surface area contributed by atoms with Crippen molar-refractivity contribution in [2.24, 2.45) is 0 Å². The number of rotatable bonds is 10. The second-order valence-electron chi connectivity index (χ2n) is 7.80. The molecule has 0 aliphatic rings. The van der Waals surface area contributed by atoms with Crippen LogP contribution in [0.1, 0.15) is 28.4 Å². The third kappa shape index (κ3) is 6.34. The molecule has 0 fully saturated rings. The minimum atomic E-state index is -0.389. The van der Waals surface area contributed by atoms with Crippen LogP contribution in [0.4, 0.5) is 5.13 Å². The molecule has 0 saturated carbocycles. The Morgan fingerprint density at radius 2 is 1.97 bits per heavy atom. The van der Waals surface area contributed by atoms with E-state index in [0.29, 0.717) is 33.0 Å². The van der Waals surface area contributed by atoms with Gasteiger partial charge < -0.3 is 14.4 Å². The maximum Gasteiger partial charge on any atom is 0.259 e. The van der Waals surface area contributed by atoms with Gasteiger partial charge in [0.25, 0.3) is 11.8 Å². The summed E-state index contributed by atoms with van der Waals surface area (Å²) in [5.41, 5.74) is 1.97. The number of hydrogen-bond acceptors (Lipinski definition) is 10. The van der Waals surface area contributed by atoms with Gasteiger partial charge in [0.2, 0.25) is 5.13 Å². The van der Waals surface area contributed by atoms with Crippen LogP contribution in [0.15, 0.2) is 61.2 Å². The highest BCUT2D eigenvalue weighted by molar-refractivity contribution is 7.18. The van der Waals surface area contributed by atoms with E-state index < -0.39 is 0 Å². The fourth-order valence-corrected chi connectivity index (χ4v) is 3.94. The highest BCUT2D eigenvalue weighted by Crippen LogP contribution is 2.32. The fourth-order valence-electron chi connectivity index (χ4n) is 3.23. The Hall–Kier alpha value is -3.96. The van der Waals surface area contributed by atoms with Crippen LogP contribution in [0.3, 0.4) is 0 Å². The molecule has 0 radical (unpaired) electrons. The number of carbonyl (C=O) groups excluding carboxylic acids is 1. The number of carbonyl (C=O) groups is 1. The van der Waals surface area contributed by atoms with E-state index >= 15 is 0 Å². The quantitative estimate of drug-likeness (QED) is 0.354. The molecule has 180 valence electrons. The van der Waals surface area contributed by atoms with Gasteiger partial charge in [-0.15, -0.1) is 10.2 Å². The number of nitrogens with one attached hydrogen (secondary N) is 1. The summed E-state index contributed by atoms with van der Waals surface area (Å²) in [6.07, 6.45) is 5.04. The maximum atomic E-state index is 12.8. The smallest absolute Gasteiger partial charge is 0.259 e. The van der Waals surface area contributed by atoms with Gasteiger partial charge >= 0.3 is 0 Å². The summed E-state index contributed by atoms with van der Waals surface area (Å²) in [4.78, 5) is 27.3. The third-order valence-electron chi connectivity index (χ3n) is 5.01. The zero-order chi connectivity index (χ0) is 24.6. The summed E-state index contributed by atoms with van der Waals surface area (Å²) in [6.45, 7) is 0.835. The number of pyridine rings is 1. The van der Waals surface area contributed by atoms with Crippen molar-refractivity contribution in [2.45, 2.75) is 12.5 Å². The number of nitrogens with zero attached hydrogens (tertiary/aromatic N) is 6. The SMILES string of the molecule is COc1cc(C(=O)Nc2nnc(-c3ccncn3)s2)cnc1OC(CCN(C)C)c1ccccc1. The Kier molecular flexibility index (Phi) is 7.91. The van der Waals surface area contributed by atoms with Crippen molar-refractivity contribution in [2.75, 3.05) is 33.1 Å². The molecule has 0 spiro atoms. The Labute approximate surface area is 207 Å². The summed E-state index contributed by atoms with van der Waals surface area (Å²) in [5, 5.41) is 11.8. The summed E-state index contributed by atoms with van der Waals surface area (Å²) in [6, 6.07) is 13.3. The number of anilines is 1. The Bertz CT molecular complexity index is 1250. The lowest BCUT2D eigenvalue weighted by atomic mass is 10.1. The number of methoxy groups -OCH3 is 1. The molecule has 4 aromatic rings. The summed E-state index contributed by atoms with van der Waals surface area (Å²) < 4.78 is 11.7. The molecule has 11 heteroatoms. The van der Waals surface area contributed by atoms with E-state index in [4.69, 9.17) is 9.47 Å². The topological polar surface area (TPSA) is 115 Å². The molecule has 0 aliphatic heterocycles. The van der Waals surface area contributed by atoms with Gasteiger partial charge in [0.15, 0.2) is 10.8 Å². The predicted octanol–water partition coefficient (Wildman–Crippen LogP) is 3.72. The molecule has 1 N–H and O–H groups in total. The van der Waals surface area contributed by atoms with Crippen molar-refractivity contribution in [1.82, 2.24) is 30.0 Å². The highest BCUT2D eigenvalue weighted by atomic mass is 32.1. The maximum absolute atomic E-state index is 12.8. The molecule has 1 atom stereocenters. The molecule has 1 unspecified atom stereocenters. The molecular weight excluding hydrogens is 466 g/mol. The Balaban J connectivity index is 1.49. The van der Waals surface area contributed by atoms with Gasteiger partial charge in [-0.3, -0.25) is 10.1 Å². The lowest BCUT2D eigenvalue weighted by Crippen LogP contribution is -2.19. The largest absolute Gasteiger partial charge is 0.491 e. The van der Waals surface area contributed by atoms with Crippen LogP contribution in [0.25, 0.3) is 10.7 Å². The van der Waals surface area contributed by atoms with Crippen LogP contribution in [0.2, 0.25) is 0 Å². The molecule has 4 rings (SSSR count). The molecule has 1 aromatic carbocycles. The van der Waals surface area contributed by atoms with E-state index in [1.807, 2.05) is 44.4 Å². The molecule has 10 nitrogen and oxygen atoms in total. The summed E-state index contributed by atoms with van der Waals surface area (Å²) in [5.74, 6) is 0.293. The van der Waals surface area contributed by atoms with E-state index in [1.54, 1.807) is 18.3 Å². The monoisotopic (exact) mass is 491 g/mol. The Morgan fingerprint density at radius 1 is 1.14 bits per heavy atom. The average Bonchev–Trinajstić information content (AvgIpc) is 3.36. The van der Waals surface area contributed by atoms with Gasteiger partial charge in [0, 0.05) is 31.4 Å². The number of ether oxygens (including phenoxy) is 2. The molecule has 3 heterocycles. The minimum Gasteiger partial charge on any atom is -0.491 e. The van der Waals surface area contributed by atoms with Crippen LogP contribution in [-0.4, -0.2) is 63.7 Å². The lowest BCUT2D eigenvalue weighted by molar-refractivity contribution is 0.102. The first-order valence-electron chi connectivity index (χ1n) is 10.8. The van der Waals surface area contributed by atoms with Crippen molar-refractivity contribution < 1.29 is 14.3 Å². The summed E-state index contributed by atoms with van der Waals surface area (Å²) in [7, 11) is 5.55. The Morgan fingerprint density at radius 3 is 2.69 bits per heavy atom. The summed E-state index contributed by atoms with van der Waals surface area (Å²) >= 11 is 1.21. The van der Waals surface area contributed by atoms with Crippen molar-refractivity contribution in [3.63, 3.8) is 0 Å². The van der Waals surface area contributed by atoms with Crippen LogP contribution in [-0.2, 0) is 0 Å². The first-order chi connectivity index (χ1) is 17.0. The molecule has 1 amide bonds. The minimum absolute atomic E-state index is 0.221. The zero-order valence-corrected chi connectivity index (χ0v) is 20.4. The van der Waals surface area contributed by atoms with E-state index in [1.165, 1.54) is 31.0 Å². The number of aromatic nitrogens is 5. The highest BCUT2D eigenvalue weighted by Gasteiger charge is 2.20. The second-order valence-corrected chi connectivity index (χ2v) is 8.78. The van der Waals surface area contributed by atoms with E-state index in [0.717, 1.165) is 18.5 Å². The normalized spacial score (nSPS) is 11.8. The van der Waals surface area contributed by atoms with Crippen molar-refractivity contribution in [1.29, 1.82) is 0 Å². The van der Waals surface area contributed by atoms with Crippen molar-refractivity contribution >= 4 is 22.4 Å². The van der Waals surface area contributed by atoms with Gasteiger partial charge in [-0.1, -0.05) is 41.7 Å². The standard InChI is InChI=1S/C24H25N7O3S/c1-31(2)12-10-19(16-7-5-4-6-8-16)34-22-20(33-3)13-17(14-26-22)21(32)28-24-30-29-23(35-24)18-9-11-25-15-27-18/h4-9,11,13-15,19H,10,12H2,1-3H3,(H,28,30,32). The van der Waals surface area contributed by atoms with Gasteiger partial charge in [0.05, 0.1) is 12.7 Å². The molecule has 3 aromatic heterocycles. The van der Waals surface area contributed by atoms with Gasteiger partial charge in [0.1, 0.15) is 18.1 Å². The van der Waals surface area contributed by atoms with Crippen LogP contribution in [0, 0.1) is 0 Å². The average molecular weight is 492 g/mol. The first-order valence-corrected chi connectivity index (χ1v) is 11.7. The molecule has 0 bridgehead atoms.